The summed E-state index contributed by atoms with van der Waals surface area (Å²) in [5, 5.41) is 14.1. The molecule has 0 rings (SSSR count). The molecule has 82 heavy (non-hydrogen) atoms. The van der Waals surface area contributed by atoms with Gasteiger partial charge in [-0.25, -0.2) is 0 Å². The van der Waals surface area contributed by atoms with E-state index in [1.807, 2.05) is 21.1 Å². The third kappa shape index (κ3) is 64.5. The van der Waals surface area contributed by atoms with E-state index in [1.165, 1.54) is 154 Å². The number of quaternary nitrogens is 1. The topological polar surface area (TPSA) is 108 Å². The number of carbonyl (C=O) groups is 1. The molecule has 0 radical (unpaired) electrons. The Labute approximate surface area is 507 Å². The summed E-state index contributed by atoms with van der Waals surface area (Å²) in [6.07, 6.45) is 92.7. The Kier molecular flexibility index (Phi) is 60.1. The number of aliphatic hydroxyl groups excluding tert-OH is 1. The van der Waals surface area contributed by atoms with Crippen LogP contribution in [0, 0.1) is 0 Å². The number of amides is 1. The van der Waals surface area contributed by atoms with Crippen LogP contribution in [0.15, 0.2) is 122 Å². The molecule has 8 nitrogen and oxygen atoms in total. The van der Waals surface area contributed by atoms with E-state index in [0.717, 1.165) is 96.3 Å². The van der Waals surface area contributed by atoms with Crippen LogP contribution in [0.3, 0.4) is 0 Å². The molecule has 0 saturated carbocycles. The van der Waals surface area contributed by atoms with Crippen LogP contribution in [0.1, 0.15) is 284 Å². The predicted octanol–water partition coefficient (Wildman–Crippen LogP) is 21.0. The molecule has 0 aliphatic carbocycles. The Morgan fingerprint density at radius 2 is 0.744 bits per heavy atom. The van der Waals surface area contributed by atoms with Crippen molar-refractivity contribution in [1.29, 1.82) is 0 Å². The number of aliphatic hydroxyl groups is 1. The van der Waals surface area contributed by atoms with E-state index in [4.69, 9.17) is 9.05 Å². The summed E-state index contributed by atoms with van der Waals surface area (Å²) in [4.78, 5) is 25.6. The summed E-state index contributed by atoms with van der Waals surface area (Å²) in [5.74, 6) is -0.208. The number of phosphoric acid groups is 1. The van der Waals surface area contributed by atoms with Crippen LogP contribution in [0.4, 0.5) is 0 Å². The monoisotopic (exact) mass is 1160 g/mol. The summed E-state index contributed by atoms with van der Waals surface area (Å²) >= 11 is 0. The maximum Gasteiger partial charge on any atom is 0.268 e. The van der Waals surface area contributed by atoms with Crippen LogP contribution in [0.5, 0.6) is 0 Å². The van der Waals surface area contributed by atoms with Crippen molar-refractivity contribution in [3.8, 4) is 0 Å². The molecule has 0 saturated heterocycles. The van der Waals surface area contributed by atoms with Gasteiger partial charge in [-0.05, 0) is 89.9 Å². The number of allylic oxidation sites excluding steroid dienone is 20. The van der Waals surface area contributed by atoms with Gasteiger partial charge in [0.25, 0.3) is 7.82 Å². The molecular weight excluding hydrogens is 1030 g/mol. The minimum Gasteiger partial charge on any atom is -0.756 e. The maximum atomic E-state index is 13.0. The van der Waals surface area contributed by atoms with Gasteiger partial charge in [0, 0.05) is 6.42 Å². The van der Waals surface area contributed by atoms with Gasteiger partial charge in [-0.3, -0.25) is 9.36 Å². The van der Waals surface area contributed by atoms with Gasteiger partial charge < -0.3 is 28.8 Å². The highest BCUT2D eigenvalue weighted by atomic mass is 31.2. The number of unbranched alkanes of at least 4 members (excludes halogenated alkanes) is 28. The first-order chi connectivity index (χ1) is 40.0. The highest BCUT2D eigenvalue weighted by Gasteiger charge is 2.24. The van der Waals surface area contributed by atoms with Crippen LogP contribution in [0.2, 0.25) is 0 Å². The third-order valence-corrected chi connectivity index (χ3v) is 15.7. The van der Waals surface area contributed by atoms with Gasteiger partial charge in [0.05, 0.1) is 39.9 Å². The Bertz CT molecular complexity index is 1750. The highest BCUT2D eigenvalue weighted by molar-refractivity contribution is 7.45. The van der Waals surface area contributed by atoms with Crippen molar-refractivity contribution in [3.05, 3.63) is 122 Å². The summed E-state index contributed by atoms with van der Waals surface area (Å²) in [7, 11) is 1.26. The molecule has 0 bridgehead atoms. The van der Waals surface area contributed by atoms with Crippen molar-refractivity contribution < 1.29 is 32.9 Å². The first kappa shape index (κ1) is 78.9. The average molecular weight is 1160 g/mol. The van der Waals surface area contributed by atoms with Gasteiger partial charge >= 0.3 is 0 Å². The molecule has 0 heterocycles. The van der Waals surface area contributed by atoms with Crippen molar-refractivity contribution in [2.24, 2.45) is 0 Å². The standard InChI is InChI=1S/C73H129N2O6P/c1-6-8-10-12-14-16-18-20-22-24-26-28-30-32-34-35-36-37-38-39-41-43-45-47-49-51-53-55-57-59-61-63-65-67-73(77)74-71(70-81-82(78,79)80-69-68-75(3,4)5)72(76)66-64-62-60-58-56-54-52-50-48-46-44-42-40-33-31-29-27-25-23-21-19-17-15-13-11-9-7-2/h8,10,14,16,20,22,26,28,32,34,36-37,39,41,45,47,51,53,57,59,71-72,76H,6-7,9,11-13,15,17-19,21,23-25,27,29-31,33,35,38,40,42-44,46,48-50,52,54-56,58,60-70H2,1-5H3,(H-,74,77,78,79)/b10-8-,16-14-,22-20-,28-26-,34-32-,37-36-,41-39-,47-45-,53-51-,59-57-. The van der Waals surface area contributed by atoms with E-state index in [-0.39, 0.29) is 19.1 Å². The number of carbonyl (C=O) groups excluding carboxylic acids is 1. The molecule has 0 aromatic carbocycles. The average Bonchev–Trinajstić information content (AvgIpc) is 3.47. The fourth-order valence-electron chi connectivity index (χ4n) is 9.48. The highest BCUT2D eigenvalue weighted by Crippen LogP contribution is 2.38. The zero-order chi connectivity index (χ0) is 59.8. The van der Waals surface area contributed by atoms with Crippen LogP contribution in [-0.2, 0) is 18.4 Å². The van der Waals surface area contributed by atoms with Crippen molar-refractivity contribution >= 4 is 13.7 Å². The van der Waals surface area contributed by atoms with Crippen LogP contribution < -0.4 is 10.2 Å². The fraction of sp³-hybridized carbons (Fsp3) is 0.712. The molecule has 0 spiro atoms. The zero-order valence-corrected chi connectivity index (χ0v) is 54.8. The first-order valence-electron chi connectivity index (χ1n) is 33.9. The number of hydrogen-bond acceptors (Lipinski definition) is 6. The minimum atomic E-state index is -4.60. The van der Waals surface area contributed by atoms with Crippen molar-refractivity contribution in [2.75, 3.05) is 40.9 Å². The Balaban J connectivity index is 4.21. The third-order valence-electron chi connectivity index (χ3n) is 14.7. The number of rotatable bonds is 61. The van der Waals surface area contributed by atoms with Gasteiger partial charge in [0.1, 0.15) is 13.2 Å². The second-order valence-electron chi connectivity index (χ2n) is 23.8. The smallest absolute Gasteiger partial charge is 0.268 e. The van der Waals surface area contributed by atoms with Gasteiger partial charge in [-0.1, -0.05) is 309 Å². The summed E-state index contributed by atoms with van der Waals surface area (Å²) in [5.41, 5.74) is 0. The molecule has 3 unspecified atom stereocenters. The van der Waals surface area contributed by atoms with E-state index in [2.05, 4.69) is 141 Å². The molecule has 1 amide bonds. The molecule has 472 valence electrons. The second kappa shape index (κ2) is 62.4. The fourth-order valence-corrected chi connectivity index (χ4v) is 10.2. The molecule has 0 aliphatic heterocycles. The molecule has 9 heteroatoms. The summed E-state index contributed by atoms with van der Waals surface area (Å²) in [6.45, 7) is 4.59. The van der Waals surface area contributed by atoms with Gasteiger partial charge in [-0.15, -0.1) is 0 Å². The number of hydrogen-bond donors (Lipinski definition) is 2. The molecule has 0 aromatic rings. The molecule has 2 N–H and O–H groups in total. The van der Waals surface area contributed by atoms with Crippen molar-refractivity contribution in [1.82, 2.24) is 5.32 Å². The number of phosphoric ester groups is 1. The quantitative estimate of drug-likeness (QED) is 0.0272. The molecule has 3 atom stereocenters. The lowest BCUT2D eigenvalue weighted by atomic mass is 10.0. The maximum absolute atomic E-state index is 13.0. The first-order valence-corrected chi connectivity index (χ1v) is 35.3. The van der Waals surface area contributed by atoms with Crippen molar-refractivity contribution in [2.45, 2.75) is 296 Å². The predicted molar refractivity (Wildman–Crippen MR) is 357 cm³/mol. The Morgan fingerprint density at radius 1 is 0.439 bits per heavy atom. The molecule has 0 aromatic heterocycles. The Morgan fingerprint density at radius 3 is 1.06 bits per heavy atom. The summed E-state index contributed by atoms with van der Waals surface area (Å²) in [6, 6.07) is -0.835. The molecule has 0 aliphatic rings. The summed E-state index contributed by atoms with van der Waals surface area (Å²) < 4.78 is 23.5. The SMILES string of the molecule is CC/C=C\C/C=C\C/C=C\C/C=C\C/C=C\C/C=C\C/C=C\C/C=C\C/C=C\C/C=C\CCCCC(=O)NC(COP(=O)([O-])OCC[N+](C)(C)C)C(O)CCCCCCCCCCCCCCCCCCCCCCCCCCCCC. The Hall–Kier alpha value is -3.10. The zero-order valence-electron chi connectivity index (χ0n) is 53.9. The normalized spacial score (nSPS) is 14.5. The molecular formula is C73H129N2O6P. The van der Waals surface area contributed by atoms with E-state index >= 15 is 0 Å². The lowest BCUT2D eigenvalue weighted by Gasteiger charge is -2.30. The largest absolute Gasteiger partial charge is 0.756 e. The van der Waals surface area contributed by atoms with Crippen molar-refractivity contribution in [3.63, 3.8) is 0 Å². The van der Waals surface area contributed by atoms with Crippen LogP contribution in [0.25, 0.3) is 0 Å². The van der Waals surface area contributed by atoms with E-state index in [1.54, 1.807) is 0 Å². The lowest BCUT2D eigenvalue weighted by molar-refractivity contribution is -0.870. The van der Waals surface area contributed by atoms with E-state index < -0.39 is 20.0 Å². The minimum absolute atomic E-state index is 0.00269. The second-order valence-corrected chi connectivity index (χ2v) is 25.2. The van der Waals surface area contributed by atoms with Crippen LogP contribution >= 0.6 is 7.82 Å². The molecule has 0 fully saturated rings. The van der Waals surface area contributed by atoms with Crippen LogP contribution in [-0.4, -0.2) is 68.5 Å². The lowest BCUT2D eigenvalue weighted by Crippen LogP contribution is -2.46. The van der Waals surface area contributed by atoms with Gasteiger partial charge in [0.15, 0.2) is 0 Å². The van der Waals surface area contributed by atoms with E-state index in [0.29, 0.717) is 30.3 Å². The van der Waals surface area contributed by atoms with Gasteiger partial charge in [0.2, 0.25) is 5.91 Å². The van der Waals surface area contributed by atoms with E-state index in [9.17, 15) is 19.4 Å². The van der Waals surface area contributed by atoms with Gasteiger partial charge in [-0.2, -0.15) is 0 Å². The number of likely N-dealkylation sites (N-methyl/N-ethyl adjacent to an activating group) is 1. The number of nitrogens with one attached hydrogen (secondary N) is 1. The number of nitrogens with zero attached hydrogens (tertiary/aromatic N) is 1.